The van der Waals surface area contributed by atoms with Gasteiger partial charge in [-0.2, -0.15) is 0 Å². The molecule has 64 valence electrons. The van der Waals surface area contributed by atoms with Gasteiger partial charge in [-0.3, -0.25) is 4.84 Å². The summed E-state index contributed by atoms with van der Waals surface area (Å²) < 4.78 is 0. The van der Waals surface area contributed by atoms with Crippen LogP contribution in [0.25, 0.3) is 0 Å². The molecule has 1 saturated heterocycles. The molecule has 0 aromatic carbocycles. The summed E-state index contributed by atoms with van der Waals surface area (Å²) in [5.41, 5.74) is 0. The molecular formula is C8H16N2O. The van der Waals surface area contributed by atoms with E-state index in [1.165, 1.54) is 0 Å². The van der Waals surface area contributed by atoms with E-state index in [-0.39, 0.29) is 0 Å². The summed E-state index contributed by atoms with van der Waals surface area (Å²) in [5, 5.41) is 1.73. The zero-order chi connectivity index (χ0) is 8.43. The largest absolute Gasteiger partial charge is 0.357 e. The van der Waals surface area contributed by atoms with Gasteiger partial charge in [-0.1, -0.05) is 6.58 Å². The molecule has 0 unspecified atom stereocenters. The molecule has 0 radical (unpaired) electrons. The normalized spacial score (nSPS) is 27.2. The summed E-state index contributed by atoms with van der Waals surface area (Å²) in [6, 6.07) is 0.521. The van der Waals surface area contributed by atoms with Crippen molar-refractivity contribution < 1.29 is 4.84 Å². The molecule has 11 heavy (non-hydrogen) atoms. The van der Waals surface area contributed by atoms with E-state index in [4.69, 9.17) is 4.84 Å². The van der Waals surface area contributed by atoms with Gasteiger partial charge in [-0.05, 0) is 13.3 Å². The molecule has 1 aliphatic rings. The van der Waals surface area contributed by atoms with Crippen molar-refractivity contribution in [2.45, 2.75) is 19.4 Å². The molecule has 0 aromatic rings. The lowest BCUT2D eigenvalue weighted by atomic mass is 10.2. The molecule has 1 rings (SSSR count). The molecule has 3 heteroatoms. The van der Waals surface area contributed by atoms with E-state index in [9.17, 15) is 0 Å². The SMILES string of the molecule is C=C1N(C)OCC[C@H](C)N1C. The highest BCUT2D eigenvalue weighted by molar-refractivity contribution is 4.91. The third-order valence-electron chi connectivity index (χ3n) is 2.25. The Kier molecular flexibility index (Phi) is 2.39. The third kappa shape index (κ3) is 1.66. The molecule has 0 saturated carbocycles. The van der Waals surface area contributed by atoms with Crippen LogP contribution in [0, 0.1) is 0 Å². The molecule has 0 N–H and O–H groups in total. The smallest absolute Gasteiger partial charge is 0.121 e. The van der Waals surface area contributed by atoms with E-state index in [0.29, 0.717) is 6.04 Å². The molecule has 0 bridgehead atoms. The molecule has 1 aliphatic heterocycles. The first-order valence-electron chi connectivity index (χ1n) is 3.91. The van der Waals surface area contributed by atoms with Gasteiger partial charge in [0.05, 0.1) is 6.61 Å². The highest BCUT2D eigenvalue weighted by Gasteiger charge is 2.18. The van der Waals surface area contributed by atoms with Crippen molar-refractivity contribution >= 4 is 0 Å². The van der Waals surface area contributed by atoms with Crippen molar-refractivity contribution in [3.63, 3.8) is 0 Å². The van der Waals surface area contributed by atoms with Gasteiger partial charge in [0.15, 0.2) is 0 Å². The fourth-order valence-corrected chi connectivity index (χ4v) is 1.10. The summed E-state index contributed by atoms with van der Waals surface area (Å²) in [4.78, 5) is 7.48. The van der Waals surface area contributed by atoms with Crippen LogP contribution in [-0.2, 0) is 4.84 Å². The second-order valence-electron chi connectivity index (χ2n) is 3.00. The fourth-order valence-electron chi connectivity index (χ4n) is 1.10. The van der Waals surface area contributed by atoms with Crippen LogP contribution in [0.2, 0.25) is 0 Å². The maximum Gasteiger partial charge on any atom is 0.121 e. The Bertz CT molecular complexity index is 158. The average molecular weight is 156 g/mol. The van der Waals surface area contributed by atoms with Gasteiger partial charge >= 0.3 is 0 Å². The Labute approximate surface area is 68.2 Å². The molecule has 1 heterocycles. The predicted octanol–water partition coefficient (Wildman–Crippen LogP) is 1.04. The van der Waals surface area contributed by atoms with E-state index < -0.39 is 0 Å². The fraction of sp³-hybridized carbons (Fsp3) is 0.750. The summed E-state index contributed by atoms with van der Waals surface area (Å²) in [6.07, 6.45) is 1.06. The van der Waals surface area contributed by atoms with Crippen molar-refractivity contribution in [3.05, 3.63) is 12.4 Å². The van der Waals surface area contributed by atoms with Gasteiger partial charge in [0, 0.05) is 20.1 Å². The van der Waals surface area contributed by atoms with Crippen molar-refractivity contribution in [2.24, 2.45) is 0 Å². The lowest BCUT2D eigenvalue weighted by Gasteiger charge is -2.28. The zero-order valence-corrected chi connectivity index (χ0v) is 7.50. The maximum absolute atomic E-state index is 5.35. The summed E-state index contributed by atoms with van der Waals surface area (Å²) in [5.74, 6) is 0.926. The van der Waals surface area contributed by atoms with Gasteiger partial charge in [0.25, 0.3) is 0 Å². The van der Waals surface area contributed by atoms with Gasteiger partial charge in [-0.15, -0.1) is 0 Å². The number of hydrogen-bond acceptors (Lipinski definition) is 3. The Hall–Kier alpha value is -0.700. The van der Waals surface area contributed by atoms with Crippen LogP contribution in [0.3, 0.4) is 0 Å². The molecule has 3 nitrogen and oxygen atoms in total. The summed E-state index contributed by atoms with van der Waals surface area (Å²) >= 11 is 0. The van der Waals surface area contributed by atoms with Crippen LogP contribution in [0.1, 0.15) is 13.3 Å². The first-order valence-corrected chi connectivity index (χ1v) is 3.91. The van der Waals surface area contributed by atoms with E-state index in [1.807, 2.05) is 14.1 Å². The van der Waals surface area contributed by atoms with Gasteiger partial charge in [0.2, 0.25) is 0 Å². The first kappa shape index (κ1) is 8.40. The van der Waals surface area contributed by atoms with Crippen molar-refractivity contribution in [3.8, 4) is 0 Å². The quantitative estimate of drug-likeness (QED) is 0.521. The maximum atomic E-state index is 5.35. The van der Waals surface area contributed by atoms with Crippen LogP contribution < -0.4 is 0 Å². The molecule has 0 aromatic heterocycles. The van der Waals surface area contributed by atoms with Crippen LogP contribution in [0.15, 0.2) is 12.4 Å². The second-order valence-corrected chi connectivity index (χ2v) is 3.00. The molecule has 0 spiro atoms. The lowest BCUT2D eigenvalue weighted by molar-refractivity contribution is -0.113. The monoisotopic (exact) mass is 156 g/mol. The molecule has 1 atom stereocenters. The van der Waals surface area contributed by atoms with E-state index in [1.54, 1.807) is 5.06 Å². The molecule has 1 fully saturated rings. The van der Waals surface area contributed by atoms with Crippen molar-refractivity contribution in [2.75, 3.05) is 20.7 Å². The number of rotatable bonds is 0. The minimum absolute atomic E-state index is 0.521. The number of nitrogens with zero attached hydrogens (tertiary/aromatic N) is 2. The van der Waals surface area contributed by atoms with Crippen molar-refractivity contribution in [1.82, 2.24) is 9.96 Å². The highest BCUT2D eigenvalue weighted by atomic mass is 16.7. The molecule has 0 amide bonds. The second kappa shape index (κ2) is 3.13. The Morgan fingerprint density at radius 1 is 1.55 bits per heavy atom. The topological polar surface area (TPSA) is 15.7 Å². The Balaban J connectivity index is 2.66. The van der Waals surface area contributed by atoms with Crippen LogP contribution >= 0.6 is 0 Å². The van der Waals surface area contributed by atoms with E-state index in [2.05, 4.69) is 18.4 Å². The molecule has 0 aliphatic carbocycles. The first-order chi connectivity index (χ1) is 5.13. The van der Waals surface area contributed by atoms with Crippen LogP contribution in [0.5, 0.6) is 0 Å². The highest BCUT2D eigenvalue weighted by Crippen LogP contribution is 2.15. The minimum atomic E-state index is 0.521. The lowest BCUT2D eigenvalue weighted by Crippen LogP contribution is -2.31. The summed E-state index contributed by atoms with van der Waals surface area (Å²) in [6.45, 7) is 6.87. The van der Waals surface area contributed by atoms with Gasteiger partial charge in [-0.25, -0.2) is 5.06 Å². The third-order valence-corrected chi connectivity index (χ3v) is 2.25. The number of hydroxylamine groups is 2. The zero-order valence-electron chi connectivity index (χ0n) is 7.50. The number of hydrogen-bond donors (Lipinski definition) is 0. The van der Waals surface area contributed by atoms with E-state index >= 15 is 0 Å². The van der Waals surface area contributed by atoms with Crippen molar-refractivity contribution in [1.29, 1.82) is 0 Å². The van der Waals surface area contributed by atoms with E-state index in [0.717, 1.165) is 18.8 Å². The average Bonchev–Trinajstić information content (AvgIpc) is 2.07. The van der Waals surface area contributed by atoms with Gasteiger partial charge < -0.3 is 4.90 Å². The standard InChI is InChI=1S/C8H16N2O/c1-7-5-6-11-10(4)8(2)9(7)3/h7H,2,5-6H2,1,3-4H3/t7-/m0/s1. The summed E-state index contributed by atoms with van der Waals surface area (Å²) in [7, 11) is 3.93. The Morgan fingerprint density at radius 3 is 2.82 bits per heavy atom. The predicted molar refractivity (Wildman–Crippen MR) is 44.7 cm³/mol. The minimum Gasteiger partial charge on any atom is -0.357 e. The Morgan fingerprint density at radius 2 is 2.18 bits per heavy atom. The van der Waals surface area contributed by atoms with Crippen LogP contribution in [0.4, 0.5) is 0 Å². The van der Waals surface area contributed by atoms with Gasteiger partial charge in [0.1, 0.15) is 5.82 Å². The molecular weight excluding hydrogens is 140 g/mol. The van der Waals surface area contributed by atoms with Crippen LogP contribution in [-0.4, -0.2) is 36.7 Å².